The summed E-state index contributed by atoms with van der Waals surface area (Å²) in [7, 11) is 0. The SMILES string of the molecule is Nc1ccc([N+](=O)[O-])c(-c2cc(F)cc(Cl)c2)n1. The zero-order valence-corrected chi connectivity index (χ0v) is 9.69. The normalized spacial score (nSPS) is 10.3. The predicted octanol–water partition coefficient (Wildman–Crippen LogP) is 3.03. The van der Waals surface area contributed by atoms with Crippen LogP contribution in [0.2, 0.25) is 5.02 Å². The number of hydrogen-bond donors (Lipinski definition) is 1. The molecule has 7 heteroatoms. The van der Waals surface area contributed by atoms with Crippen molar-refractivity contribution >= 4 is 23.1 Å². The topological polar surface area (TPSA) is 82.0 Å². The van der Waals surface area contributed by atoms with Gasteiger partial charge in [-0.1, -0.05) is 11.6 Å². The number of benzene rings is 1. The maximum atomic E-state index is 13.2. The van der Waals surface area contributed by atoms with Gasteiger partial charge < -0.3 is 5.73 Å². The van der Waals surface area contributed by atoms with Crippen molar-refractivity contribution in [2.24, 2.45) is 0 Å². The van der Waals surface area contributed by atoms with Crippen LogP contribution >= 0.6 is 11.6 Å². The minimum absolute atomic E-state index is 0.0126. The summed E-state index contributed by atoms with van der Waals surface area (Å²) in [5.41, 5.74) is 5.42. The van der Waals surface area contributed by atoms with Crippen LogP contribution in [0.1, 0.15) is 0 Å². The zero-order chi connectivity index (χ0) is 13.3. The lowest BCUT2D eigenvalue weighted by Gasteiger charge is -2.04. The number of nitrogens with two attached hydrogens (primary N) is 1. The first-order valence-electron chi connectivity index (χ1n) is 4.85. The molecule has 0 radical (unpaired) electrons. The van der Waals surface area contributed by atoms with Gasteiger partial charge in [0.1, 0.15) is 11.6 Å². The van der Waals surface area contributed by atoms with Crippen molar-refractivity contribution in [3.8, 4) is 11.3 Å². The molecule has 0 aliphatic carbocycles. The van der Waals surface area contributed by atoms with Crippen LogP contribution in [-0.2, 0) is 0 Å². The summed E-state index contributed by atoms with van der Waals surface area (Å²) in [6, 6.07) is 6.13. The second-order valence-electron chi connectivity index (χ2n) is 3.52. The fourth-order valence-corrected chi connectivity index (χ4v) is 1.74. The van der Waals surface area contributed by atoms with Gasteiger partial charge in [-0.05, 0) is 24.3 Å². The molecule has 92 valence electrons. The second kappa shape index (κ2) is 4.58. The van der Waals surface area contributed by atoms with E-state index in [1.54, 1.807) is 0 Å². The molecule has 2 N–H and O–H groups in total. The third-order valence-corrected chi connectivity index (χ3v) is 2.45. The molecule has 5 nitrogen and oxygen atoms in total. The van der Waals surface area contributed by atoms with Crippen LogP contribution < -0.4 is 5.73 Å². The highest BCUT2D eigenvalue weighted by Crippen LogP contribution is 2.30. The molecule has 0 fully saturated rings. The van der Waals surface area contributed by atoms with E-state index in [4.69, 9.17) is 17.3 Å². The fraction of sp³-hybridized carbons (Fsp3) is 0. The first-order chi connectivity index (χ1) is 8.47. The van der Waals surface area contributed by atoms with Crippen LogP contribution in [0.4, 0.5) is 15.9 Å². The van der Waals surface area contributed by atoms with Crippen LogP contribution in [0.5, 0.6) is 0 Å². The number of nitro groups is 1. The number of anilines is 1. The van der Waals surface area contributed by atoms with Gasteiger partial charge in [-0.15, -0.1) is 0 Å². The Hall–Kier alpha value is -2.21. The van der Waals surface area contributed by atoms with Crippen molar-refractivity contribution in [2.45, 2.75) is 0 Å². The maximum absolute atomic E-state index is 13.2. The number of halogens is 2. The summed E-state index contributed by atoms with van der Waals surface area (Å²) >= 11 is 5.70. The lowest BCUT2D eigenvalue weighted by molar-refractivity contribution is -0.384. The number of nitrogen functional groups attached to an aromatic ring is 1. The van der Waals surface area contributed by atoms with E-state index in [0.29, 0.717) is 0 Å². The zero-order valence-electron chi connectivity index (χ0n) is 8.93. The van der Waals surface area contributed by atoms with E-state index in [2.05, 4.69) is 4.98 Å². The minimum Gasteiger partial charge on any atom is -0.384 e. The van der Waals surface area contributed by atoms with Crippen molar-refractivity contribution < 1.29 is 9.31 Å². The molecule has 0 bridgehead atoms. The molecular weight excluding hydrogens is 261 g/mol. The average Bonchev–Trinajstić information content (AvgIpc) is 2.27. The Labute approximate surface area is 106 Å². The van der Waals surface area contributed by atoms with Gasteiger partial charge in [0.15, 0.2) is 5.69 Å². The van der Waals surface area contributed by atoms with E-state index in [-0.39, 0.29) is 27.8 Å². The van der Waals surface area contributed by atoms with E-state index >= 15 is 0 Å². The number of nitrogens with zero attached hydrogens (tertiary/aromatic N) is 2. The van der Waals surface area contributed by atoms with Gasteiger partial charge in [0.05, 0.1) is 4.92 Å². The molecule has 0 saturated carbocycles. The first kappa shape index (κ1) is 12.3. The summed E-state index contributed by atoms with van der Waals surface area (Å²) in [6.45, 7) is 0. The molecule has 0 aliphatic heterocycles. The number of pyridine rings is 1. The number of aromatic nitrogens is 1. The van der Waals surface area contributed by atoms with Crippen molar-refractivity contribution in [1.82, 2.24) is 4.98 Å². The van der Waals surface area contributed by atoms with Crippen LogP contribution in [0.25, 0.3) is 11.3 Å². The molecule has 1 heterocycles. The molecule has 1 aromatic carbocycles. The molecule has 18 heavy (non-hydrogen) atoms. The van der Waals surface area contributed by atoms with Gasteiger partial charge in [0.2, 0.25) is 0 Å². The van der Waals surface area contributed by atoms with Crippen LogP contribution in [0.3, 0.4) is 0 Å². The minimum atomic E-state index is -0.611. The highest BCUT2D eigenvalue weighted by atomic mass is 35.5. The van der Waals surface area contributed by atoms with Crippen molar-refractivity contribution in [2.75, 3.05) is 5.73 Å². The van der Waals surface area contributed by atoms with Gasteiger partial charge in [-0.3, -0.25) is 10.1 Å². The Morgan fingerprint density at radius 3 is 2.67 bits per heavy atom. The first-order valence-corrected chi connectivity index (χ1v) is 5.22. The summed E-state index contributed by atoms with van der Waals surface area (Å²) in [4.78, 5) is 14.1. The predicted molar refractivity (Wildman–Crippen MR) is 65.7 cm³/mol. The fourth-order valence-electron chi connectivity index (χ4n) is 1.52. The molecule has 0 amide bonds. The Morgan fingerprint density at radius 1 is 1.33 bits per heavy atom. The Bertz CT molecular complexity index is 613. The third kappa shape index (κ3) is 2.38. The second-order valence-corrected chi connectivity index (χ2v) is 3.96. The van der Waals surface area contributed by atoms with E-state index < -0.39 is 10.7 Å². The molecular formula is C11H7ClFN3O2. The quantitative estimate of drug-likeness (QED) is 0.670. The maximum Gasteiger partial charge on any atom is 0.295 e. The molecule has 1 aromatic heterocycles. The van der Waals surface area contributed by atoms with E-state index in [0.717, 1.165) is 12.1 Å². The molecule has 2 rings (SSSR count). The van der Waals surface area contributed by atoms with Gasteiger partial charge in [-0.25, -0.2) is 9.37 Å². The average molecular weight is 268 g/mol. The molecule has 0 atom stereocenters. The van der Waals surface area contributed by atoms with Gasteiger partial charge in [-0.2, -0.15) is 0 Å². The van der Waals surface area contributed by atoms with Gasteiger partial charge in [0, 0.05) is 16.7 Å². The monoisotopic (exact) mass is 267 g/mol. The van der Waals surface area contributed by atoms with Crippen LogP contribution in [0, 0.1) is 15.9 Å². The highest BCUT2D eigenvalue weighted by Gasteiger charge is 2.18. The van der Waals surface area contributed by atoms with Crippen LogP contribution in [-0.4, -0.2) is 9.91 Å². The number of rotatable bonds is 2. The lowest BCUT2D eigenvalue weighted by atomic mass is 10.1. The standard InChI is InChI=1S/C11H7ClFN3O2/c12-7-3-6(4-8(13)5-7)11-9(16(17)18)1-2-10(14)15-11/h1-5H,(H2,14,15). The molecule has 0 spiro atoms. The van der Waals surface area contributed by atoms with Crippen molar-refractivity contribution in [1.29, 1.82) is 0 Å². The van der Waals surface area contributed by atoms with Crippen LogP contribution in [0.15, 0.2) is 30.3 Å². The van der Waals surface area contributed by atoms with E-state index in [1.165, 1.54) is 18.2 Å². The molecule has 0 aliphatic rings. The Kier molecular flexibility index (Phi) is 3.12. The summed E-state index contributed by atoms with van der Waals surface area (Å²) in [6.07, 6.45) is 0. The smallest absolute Gasteiger partial charge is 0.295 e. The number of hydrogen-bond acceptors (Lipinski definition) is 4. The Balaban J connectivity index is 2.68. The van der Waals surface area contributed by atoms with Crippen molar-refractivity contribution in [3.63, 3.8) is 0 Å². The highest BCUT2D eigenvalue weighted by molar-refractivity contribution is 6.30. The summed E-state index contributed by atoms with van der Waals surface area (Å²) < 4.78 is 13.2. The van der Waals surface area contributed by atoms with E-state index in [9.17, 15) is 14.5 Å². The lowest BCUT2D eigenvalue weighted by Crippen LogP contribution is -1.98. The molecule has 2 aromatic rings. The molecule has 0 saturated heterocycles. The van der Waals surface area contributed by atoms with E-state index in [1.807, 2.05) is 0 Å². The van der Waals surface area contributed by atoms with Gasteiger partial charge in [0.25, 0.3) is 5.69 Å². The van der Waals surface area contributed by atoms with Crippen molar-refractivity contribution in [3.05, 3.63) is 51.3 Å². The summed E-state index contributed by atoms with van der Waals surface area (Å²) in [5.74, 6) is -0.494. The Morgan fingerprint density at radius 2 is 2.06 bits per heavy atom. The molecule has 0 unspecified atom stereocenters. The largest absolute Gasteiger partial charge is 0.384 e. The summed E-state index contributed by atoms with van der Waals surface area (Å²) in [5, 5.41) is 11.0. The third-order valence-electron chi connectivity index (χ3n) is 2.23. The van der Waals surface area contributed by atoms with Gasteiger partial charge >= 0.3 is 0 Å².